The fraction of sp³-hybridized carbons (Fsp3) is 0.533. The highest BCUT2D eigenvalue weighted by molar-refractivity contribution is 5.82. The van der Waals surface area contributed by atoms with Crippen LogP contribution in [0.4, 0.5) is 0 Å². The van der Waals surface area contributed by atoms with Crippen LogP contribution in [-0.4, -0.2) is 19.1 Å². The summed E-state index contributed by atoms with van der Waals surface area (Å²) < 4.78 is 5.11. The number of rotatable bonds is 4. The number of amides is 1. The van der Waals surface area contributed by atoms with Crippen LogP contribution in [0.15, 0.2) is 24.3 Å². The van der Waals surface area contributed by atoms with Crippen molar-refractivity contribution in [2.75, 3.05) is 7.11 Å². The van der Waals surface area contributed by atoms with Gasteiger partial charge in [0, 0.05) is 0 Å². The number of hydrogen-bond acceptors (Lipinski definition) is 3. The van der Waals surface area contributed by atoms with Gasteiger partial charge in [-0.15, -0.1) is 0 Å². The average molecular weight is 264 g/mol. The van der Waals surface area contributed by atoms with Crippen molar-refractivity contribution in [3.63, 3.8) is 0 Å². The van der Waals surface area contributed by atoms with Crippen LogP contribution in [0.5, 0.6) is 5.75 Å². The summed E-state index contributed by atoms with van der Waals surface area (Å²) in [6, 6.07) is 7.03. The minimum Gasteiger partial charge on any atom is -0.497 e. The molecule has 1 rings (SSSR count). The van der Waals surface area contributed by atoms with Gasteiger partial charge in [0.25, 0.3) is 0 Å². The fourth-order valence-corrected chi connectivity index (χ4v) is 1.67. The van der Waals surface area contributed by atoms with Gasteiger partial charge in [0.2, 0.25) is 5.91 Å². The van der Waals surface area contributed by atoms with Crippen molar-refractivity contribution in [2.24, 2.45) is 11.1 Å². The molecule has 0 spiro atoms. The summed E-state index contributed by atoms with van der Waals surface area (Å²) in [5, 5.41) is 2.94. The standard InChI is InChI=1S/C15H24N2O2/c1-10(11-6-8-12(19-5)9-7-11)17-14(18)13(16)15(2,3)4/h6-10,13H,16H2,1-5H3,(H,17,18)/t10-,13?/m1/s1. The van der Waals surface area contributed by atoms with Gasteiger partial charge in [0.15, 0.2) is 0 Å². The maximum absolute atomic E-state index is 12.0. The number of hydrogen-bond donors (Lipinski definition) is 2. The van der Waals surface area contributed by atoms with Crippen LogP contribution >= 0.6 is 0 Å². The molecule has 1 amide bonds. The van der Waals surface area contributed by atoms with Crippen LogP contribution in [0.1, 0.15) is 39.3 Å². The molecule has 0 bridgehead atoms. The van der Waals surface area contributed by atoms with Crippen LogP contribution in [0.25, 0.3) is 0 Å². The minimum atomic E-state index is -0.520. The summed E-state index contributed by atoms with van der Waals surface area (Å²) in [5.41, 5.74) is 6.71. The van der Waals surface area contributed by atoms with Gasteiger partial charge < -0.3 is 15.8 Å². The van der Waals surface area contributed by atoms with Crippen LogP contribution in [0, 0.1) is 5.41 Å². The molecule has 19 heavy (non-hydrogen) atoms. The summed E-state index contributed by atoms with van der Waals surface area (Å²) in [4.78, 5) is 12.0. The number of benzene rings is 1. The van der Waals surface area contributed by atoms with E-state index in [9.17, 15) is 4.79 Å². The first-order valence-corrected chi connectivity index (χ1v) is 6.45. The number of nitrogens with two attached hydrogens (primary N) is 1. The average Bonchev–Trinajstić information content (AvgIpc) is 2.36. The molecule has 2 atom stereocenters. The van der Waals surface area contributed by atoms with E-state index in [1.807, 2.05) is 52.0 Å². The molecule has 1 aromatic carbocycles. The molecular formula is C15H24N2O2. The Kier molecular flexibility index (Phi) is 4.95. The quantitative estimate of drug-likeness (QED) is 0.876. The zero-order chi connectivity index (χ0) is 14.6. The first-order chi connectivity index (χ1) is 8.75. The van der Waals surface area contributed by atoms with E-state index in [0.29, 0.717) is 0 Å². The third-order valence-corrected chi connectivity index (χ3v) is 3.19. The van der Waals surface area contributed by atoms with Crippen molar-refractivity contribution >= 4 is 5.91 Å². The lowest BCUT2D eigenvalue weighted by atomic mass is 9.86. The van der Waals surface area contributed by atoms with Gasteiger partial charge in [0.1, 0.15) is 5.75 Å². The van der Waals surface area contributed by atoms with Gasteiger partial charge in [-0.05, 0) is 30.0 Å². The maximum atomic E-state index is 12.0. The molecule has 1 aromatic rings. The monoisotopic (exact) mass is 264 g/mol. The van der Waals surface area contributed by atoms with Crippen LogP contribution < -0.4 is 15.8 Å². The van der Waals surface area contributed by atoms with E-state index in [0.717, 1.165) is 11.3 Å². The maximum Gasteiger partial charge on any atom is 0.237 e. The summed E-state index contributed by atoms with van der Waals surface area (Å²) in [5.74, 6) is 0.671. The molecule has 1 unspecified atom stereocenters. The molecule has 0 fully saturated rings. The Balaban J connectivity index is 2.68. The lowest BCUT2D eigenvalue weighted by molar-refractivity contribution is -0.125. The molecule has 0 saturated carbocycles. The zero-order valence-corrected chi connectivity index (χ0v) is 12.4. The molecule has 0 saturated heterocycles. The molecular weight excluding hydrogens is 240 g/mol. The smallest absolute Gasteiger partial charge is 0.237 e. The van der Waals surface area contributed by atoms with Crippen molar-refractivity contribution in [3.8, 4) is 5.75 Å². The first-order valence-electron chi connectivity index (χ1n) is 6.45. The Labute approximate surface area is 115 Å². The Hall–Kier alpha value is -1.55. The van der Waals surface area contributed by atoms with Crippen molar-refractivity contribution in [1.82, 2.24) is 5.32 Å². The second kappa shape index (κ2) is 6.06. The van der Waals surface area contributed by atoms with Crippen molar-refractivity contribution in [1.29, 1.82) is 0 Å². The number of carbonyl (C=O) groups excluding carboxylic acids is 1. The number of methoxy groups -OCH3 is 1. The van der Waals surface area contributed by atoms with Crippen LogP contribution in [0.2, 0.25) is 0 Å². The third-order valence-electron chi connectivity index (χ3n) is 3.19. The van der Waals surface area contributed by atoms with E-state index in [1.165, 1.54) is 0 Å². The molecule has 0 aliphatic carbocycles. The van der Waals surface area contributed by atoms with E-state index in [2.05, 4.69) is 5.32 Å². The van der Waals surface area contributed by atoms with Gasteiger partial charge in [-0.1, -0.05) is 32.9 Å². The third kappa shape index (κ3) is 4.24. The highest BCUT2D eigenvalue weighted by atomic mass is 16.5. The lowest BCUT2D eigenvalue weighted by Crippen LogP contribution is -2.49. The lowest BCUT2D eigenvalue weighted by Gasteiger charge is -2.27. The number of nitrogens with one attached hydrogen (secondary N) is 1. The van der Waals surface area contributed by atoms with E-state index in [-0.39, 0.29) is 17.4 Å². The summed E-state index contributed by atoms with van der Waals surface area (Å²) in [7, 11) is 1.63. The SMILES string of the molecule is COc1ccc([C@@H](C)NC(=O)C(N)C(C)(C)C)cc1. The van der Waals surface area contributed by atoms with Gasteiger partial charge in [-0.3, -0.25) is 4.79 Å². The summed E-state index contributed by atoms with van der Waals surface area (Å²) in [6.07, 6.45) is 0. The van der Waals surface area contributed by atoms with E-state index in [1.54, 1.807) is 7.11 Å². The molecule has 0 aliphatic heterocycles. The first kappa shape index (κ1) is 15.5. The molecule has 4 heteroatoms. The van der Waals surface area contributed by atoms with Crippen molar-refractivity contribution in [3.05, 3.63) is 29.8 Å². The summed E-state index contributed by atoms with van der Waals surface area (Å²) in [6.45, 7) is 7.80. The number of carbonyl (C=O) groups is 1. The molecule has 0 heterocycles. The van der Waals surface area contributed by atoms with Crippen LogP contribution in [-0.2, 0) is 4.79 Å². The zero-order valence-electron chi connectivity index (χ0n) is 12.4. The van der Waals surface area contributed by atoms with Gasteiger partial charge in [0.05, 0.1) is 19.2 Å². The predicted octanol–water partition coefficient (Wildman–Crippen LogP) is 2.25. The normalized spacial score (nSPS) is 14.6. The van der Waals surface area contributed by atoms with Gasteiger partial charge in [-0.25, -0.2) is 0 Å². The second-order valence-electron chi connectivity index (χ2n) is 5.85. The Morgan fingerprint density at radius 2 is 1.79 bits per heavy atom. The Bertz CT molecular complexity index is 421. The summed E-state index contributed by atoms with van der Waals surface area (Å²) >= 11 is 0. The van der Waals surface area contributed by atoms with Gasteiger partial charge >= 0.3 is 0 Å². The van der Waals surface area contributed by atoms with Gasteiger partial charge in [-0.2, -0.15) is 0 Å². The second-order valence-corrected chi connectivity index (χ2v) is 5.85. The van der Waals surface area contributed by atoms with Crippen molar-refractivity contribution in [2.45, 2.75) is 39.8 Å². The Morgan fingerprint density at radius 1 is 1.26 bits per heavy atom. The van der Waals surface area contributed by atoms with E-state index >= 15 is 0 Å². The largest absolute Gasteiger partial charge is 0.497 e. The molecule has 3 N–H and O–H groups in total. The van der Waals surface area contributed by atoms with E-state index in [4.69, 9.17) is 10.5 Å². The topological polar surface area (TPSA) is 64.3 Å². The molecule has 0 aliphatic rings. The highest BCUT2D eigenvalue weighted by Crippen LogP contribution is 2.20. The van der Waals surface area contributed by atoms with Crippen LogP contribution in [0.3, 0.4) is 0 Å². The number of ether oxygens (including phenoxy) is 1. The molecule has 0 radical (unpaired) electrons. The molecule has 4 nitrogen and oxygen atoms in total. The van der Waals surface area contributed by atoms with E-state index < -0.39 is 6.04 Å². The highest BCUT2D eigenvalue weighted by Gasteiger charge is 2.28. The minimum absolute atomic E-state index is 0.0770. The Morgan fingerprint density at radius 3 is 2.21 bits per heavy atom. The predicted molar refractivity (Wildman–Crippen MR) is 77.0 cm³/mol. The van der Waals surface area contributed by atoms with Crippen molar-refractivity contribution < 1.29 is 9.53 Å². The fourth-order valence-electron chi connectivity index (χ4n) is 1.67. The molecule has 0 aromatic heterocycles. The molecule has 106 valence electrons.